The van der Waals surface area contributed by atoms with Crippen molar-refractivity contribution in [3.63, 3.8) is 0 Å². The Hall–Kier alpha value is -4.00. The molecule has 0 saturated carbocycles. The van der Waals surface area contributed by atoms with Crippen molar-refractivity contribution in [2.75, 3.05) is 18.6 Å². The van der Waals surface area contributed by atoms with Crippen LogP contribution in [0, 0.1) is 5.82 Å². The molecule has 0 spiro atoms. The summed E-state index contributed by atoms with van der Waals surface area (Å²) in [4.78, 5) is 22.8. The quantitative estimate of drug-likeness (QED) is 0.461. The summed E-state index contributed by atoms with van der Waals surface area (Å²) in [6.45, 7) is 0.367. The van der Waals surface area contributed by atoms with E-state index in [1.165, 1.54) is 29.6 Å². The zero-order valence-corrected chi connectivity index (χ0v) is 17.4. The Kier molecular flexibility index (Phi) is 5.15. The minimum Gasteiger partial charge on any atom is -0.496 e. The van der Waals surface area contributed by atoms with E-state index in [1.54, 1.807) is 13.4 Å². The molecule has 1 aliphatic heterocycles. The van der Waals surface area contributed by atoms with Gasteiger partial charge in [-0.1, -0.05) is 24.3 Å². The number of pyridine rings is 1. The summed E-state index contributed by atoms with van der Waals surface area (Å²) < 4.78 is 24.9. The number of anilines is 1. The lowest BCUT2D eigenvalue weighted by atomic mass is 9.93. The fraction of sp³-hybridized carbons (Fsp3) is 0.160. The van der Waals surface area contributed by atoms with Gasteiger partial charge in [0.15, 0.2) is 18.0 Å². The van der Waals surface area contributed by atoms with E-state index < -0.39 is 5.82 Å². The van der Waals surface area contributed by atoms with E-state index in [2.05, 4.69) is 9.97 Å². The molecule has 1 aliphatic rings. The number of aromatic nitrogens is 2. The number of carbonyl (C=O) groups is 1. The summed E-state index contributed by atoms with van der Waals surface area (Å²) in [6.07, 6.45) is 5.67. The molecule has 160 valence electrons. The standard InChI is InChI=1S/C25H20FN3O3/c1-31-23-13-18-8-10-29(24-21(26)3-2-9-27-24)25(30)20(18)12-19(23)11-16-4-6-17(7-5-16)22-14-32-15-28-22/h2-7,9,12-15H,8,10-11H2,1H3. The molecule has 0 N–H and O–H groups in total. The van der Waals surface area contributed by atoms with E-state index >= 15 is 0 Å². The summed E-state index contributed by atoms with van der Waals surface area (Å²) >= 11 is 0. The number of rotatable bonds is 5. The third-order valence-corrected chi connectivity index (χ3v) is 5.66. The van der Waals surface area contributed by atoms with E-state index in [-0.39, 0.29) is 11.7 Å². The van der Waals surface area contributed by atoms with Crippen molar-refractivity contribution in [3.05, 3.63) is 95.5 Å². The highest BCUT2D eigenvalue weighted by molar-refractivity contribution is 6.08. The number of hydrogen-bond acceptors (Lipinski definition) is 5. The second-order valence-electron chi connectivity index (χ2n) is 7.58. The van der Waals surface area contributed by atoms with Gasteiger partial charge >= 0.3 is 0 Å². The average Bonchev–Trinajstić information content (AvgIpc) is 3.35. The molecule has 3 heterocycles. The molecule has 0 saturated heterocycles. The molecular formula is C25H20FN3O3. The summed E-state index contributed by atoms with van der Waals surface area (Å²) in [7, 11) is 1.62. The first-order valence-electron chi connectivity index (χ1n) is 10.2. The summed E-state index contributed by atoms with van der Waals surface area (Å²) in [5, 5.41) is 0. The highest BCUT2D eigenvalue weighted by atomic mass is 19.1. The summed E-state index contributed by atoms with van der Waals surface area (Å²) in [5.74, 6) is 0.0259. The number of halogens is 1. The molecule has 4 aromatic rings. The van der Waals surface area contributed by atoms with Gasteiger partial charge < -0.3 is 9.15 Å². The molecular weight excluding hydrogens is 409 g/mol. The Morgan fingerprint density at radius 3 is 2.72 bits per heavy atom. The lowest BCUT2D eigenvalue weighted by molar-refractivity contribution is 0.0978. The van der Waals surface area contributed by atoms with E-state index in [4.69, 9.17) is 9.15 Å². The molecule has 7 heteroatoms. The van der Waals surface area contributed by atoms with Gasteiger partial charge in [-0.05, 0) is 47.4 Å². The number of benzene rings is 2. The zero-order valence-electron chi connectivity index (χ0n) is 17.4. The molecule has 0 aliphatic carbocycles. The molecule has 0 bridgehead atoms. The third-order valence-electron chi connectivity index (χ3n) is 5.66. The maximum absolute atomic E-state index is 14.3. The SMILES string of the molecule is COc1cc2c(cc1Cc1ccc(-c3cocn3)cc1)C(=O)N(c1ncccc1F)CC2. The van der Waals surface area contributed by atoms with Crippen LogP contribution in [0.15, 0.2) is 71.8 Å². The lowest BCUT2D eigenvalue weighted by Gasteiger charge is -2.29. The maximum atomic E-state index is 14.3. The number of amides is 1. The molecule has 0 atom stereocenters. The van der Waals surface area contributed by atoms with Crippen molar-refractivity contribution in [3.8, 4) is 17.0 Å². The number of hydrogen-bond donors (Lipinski definition) is 0. The molecule has 2 aromatic carbocycles. The van der Waals surface area contributed by atoms with Crippen LogP contribution in [-0.4, -0.2) is 29.5 Å². The first-order valence-corrected chi connectivity index (χ1v) is 10.2. The second kappa shape index (κ2) is 8.26. The monoisotopic (exact) mass is 429 g/mol. The lowest BCUT2D eigenvalue weighted by Crippen LogP contribution is -2.38. The molecule has 6 nitrogen and oxygen atoms in total. The highest BCUT2D eigenvalue weighted by Gasteiger charge is 2.29. The van der Waals surface area contributed by atoms with E-state index in [9.17, 15) is 9.18 Å². The smallest absolute Gasteiger partial charge is 0.259 e. The predicted molar refractivity (Wildman–Crippen MR) is 117 cm³/mol. The van der Waals surface area contributed by atoms with Crippen molar-refractivity contribution in [2.24, 2.45) is 0 Å². The molecule has 0 fully saturated rings. The van der Waals surface area contributed by atoms with Crippen LogP contribution in [0.25, 0.3) is 11.3 Å². The first-order chi connectivity index (χ1) is 15.6. The molecule has 32 heavy (non-hydrogen) atoms. The van der Waals surface area contributed by atoms with Crippen molar-refractivity contribution < 1.29 is 18.3 Å². The Bertz CT molecular complexity index is 1270. The van der Waals surface area contributed by atoms with Crippen LogP contribution >= 0.6 is 0 Å². The van der Waals surface area contributed by atoms with Crippen LogP contribution in [0.5, 0.6) is 5.75 Å². The number of ether oxygens (including phenoxy) is 1. The van der Waals surface area contributed by atoms with Crippen molar-refractivity contribution in [2.45, 2.75) is 12.8 Å². The van der Waals surface area contributed by atoms with E-state index in [0.29, 0.717) is 24.9 Å². The van der Waals surface area contributed by atoms with Crippen LogP contribution < -0.4 is 9.64 Å². The van der Waals surface area contributed by atoms with Crippen molar-refractivity contribution >= 4 is 11.7 Å². The van der Waals surface area contributed by atoms with Gasteiger partial charge in [-0.25, -0.2) is 14.4 Å². The predicted octanol–water partition coefficient (Wildman–Crippen LogP) is 4.68. The molecule has 1 amide bonds. The zero-order chi connectivity index (χ0) is 22.1. The topological polar surface area (TPSA) is 68.5 Å². The normalized spacial score (nSPS) is 13.2. The second-order valence-corrected chi connectivity index (χ2v) is 7.58. The molecule has 0 unspecified atom stereocenters. The van der Waals surface area contributed by atoms with Gasteiger partial charge in [-0.2, -0.15) is 0 Å². The van der Waals surface area contributed by atoms with Crippen LogP contribution in [0.1, 0.15) is 27.0 Å². The number of methoxy groups -OCH3 is 1. The van der Waals surface area contributed by atoms with Gasteiger partial charge in [-0.3, -0.25) is 9.69 Å². The Balaban J connectivity index is 1.46. The first kappa shape index (κ1) is 19.9. The minimum atomic E-state index is -0.509. The minimum absolute atomic E-state index is 0.0592. The Labute approximate surface area is 184 Å². The Morgan fingerprint density at radius 2 is 2.00 bits per heavy atom. The Morgan fingerprint density at radius 1 is 1.16 bits per heavy atom. The van der Waals surface area contributed by atoms with Gasteiger partial charge in [0, 0.05) is 30.3 Å². The van der Waals surface area contributed by atoms with E-state index in [0.717, 1.165) is 33.7 Å². The van der Waals surface area contributed by atoms with Crippen LogP contribution in [0.3, 0.4) is 0 Å². The number of fused-ring (bicyclic) bond motifs is 1. The largest absolute Gasteiger partial charge is 0.496 e. The van der Waals surface area contributed by atoms with Gasteiger partial charge in [0.1, 0.15) is 17.7 Å². The van der Waals surface area contributed by atoms with E-state index in [1.807, 2.05) is 36.4 Å². The van der Waals surface area contributed by atoms with Crippen LogP contribution in [0.2, 0.25) is 0 Å². The summed E-state index contributed by atoms with van der Waals surface area (Å²) in [6, 6.07) is 14.6. The number of oxazole rings is 1. The van der Waals surface area contributed by atoms with Gasteiger partial charge in [-0.15, -0.1) is 0 Å². The fourth-order valence-corrected chi connectivity index (χ4v) is 4.03. The van der Waals surface area contributed by atoms with Crippen LogP contribution in [0.4, 0.5) is 10.2 Å². The molecule has 2 aromatic heterocycles. The van der Waals surface area contributed by atoms with Gasteiger partial charge in [0.2, 0.25) is 0 Å². The summed E-state index contributed by atoms with van der Waals surface area (Å²) in [5.41, 5.74) is 5.13. The van der Waals surface area contributed by atoms with Gasteiger partial charge in [0.25, 0.3) is 5.91 Å². The average molecular weight is 429 g/mol. The molecule has 5 rings (SSSR count). The number of nitrogens with zero attached hydrogens (tertiary/aromatic N) is 3. The fourth-order valence-electron chi connectivity index (χ4n) is 4.03. The van der Waals surface area contributed by atoms with Crippen molar-refractivity contribution in [1.82, 2.24) is 9.97 Å². The van der Waals surface area contributed by atoms with Crippen molar-refractivity contribution in [1.29, 1.82) is 0 Å². The van der Waals surface area contributed by atoms with Gasteiger partial charge in [0.05, 0.1) is 7.11 Å². The highest BCUT2D eigenvalue weighted by Crippen LogP contribution is 2.32. The maximum Gasteiger partial charge on any atom is 0.259 e. The number of carbonyl (C=O) groups excluding carboxylic acids is 1. The molecule has 0 radical (unpaired) electrons. The third kappa shape index (κ3) is 3.62. The van der Waals surface area contributed by atoms with Crippen LogP contribution in [-0.2, 0) is 12.8 Å².